The van der Waals surface area contributed by atoms with E-state index in [0.717, 1.165) is 22.7 Å². The zero-order valence-electron chi connectivity index (χ0n) is 14.1. The number of halogens is 2. The summed E-state index contributed by atoms with van der Waals surface area (Å²) in [7, 11) is 0. The van der Waals surface area contributed by atoms with E-state index in [9.17, 15) is 18.4 Å². The van der Waals surface area contributed by atoms with Gasteiger partial charge in [-0.2, -0.15) is 11.3 Å². The SMILES string of the molecule is CC(OC(=O)Cc1csc(-c2ccsc2)n1)C(=O)Nc1ccc(F)cc1F. The van der Waals surface area contributed by atoms with Crippen LogP contribution in [-0.4, -0.2) is 23.0 Å². The number of carbonyl (C=O) groups excluding carboxylic acids is 2. The molecule has 9 heteroatoms. The van der Waals surface area contributed by atoms with Crippen LogP contribution in [0.3, 0.4) is 0 Å². The van der Waals surface area contributed by atoms with Crippen LogP contribution < -0.4 is 5.32 Å². The monoisotopic (exact) mass is 408 g/mol. The molecule has 0 spiro atoms. The number of ether oxygens (including phenoxy) is 1. The van der Waals surface area contributed by atoms with Crippen LogP contribution in [0.5, 0.6) is 0 Å². The van der Waals surface area contributed by atoms with Crippen molar-refractivity contribution in [1.29, 1.82) is 0 Å². The minimum Gasteiger partial charge on any atom is -0.452 e. The molecule has 0 fully saturated rings. The fourth-order valence-electron chi connectivity index (χ4n) is 2.17. The van der Waals surface area contributed by atoms with Crippen molar-refractivity contribution in [3.8, 4) is 10.6 Å². The second kappa shape index (κ2) is 8.36. The van der Waals surface area contributed by atoms with E-state index in [-0.39, 0.29) is 12.1 Å². The van der Waals surface area contributed by atoms with Crippen molar-refractivity contribution >= 4 is 40.2 Å². The number of hydrogen-bond acceptors (Lipinski definition) is 6. The van der Waals surface area contributed by atoms with Gasteiger partial charge in [-0.1, -0.05) is 0 Å². The number of nitrogens with one attached hydrogen (secondary N) is 1. The van der Waals surface area contributed by atoms with Gasteiger partial charge in [0, 0.05) is 22.4 Å². The van der Waals surface area contributed by atoms with Gasteiger partial charge in [0.2, 0.25) is 0 Å². The molecule has 2 aromatic heterocycles. The third-order valence-electron chi connectivity index (χ3n) is 3.51. The second-order valence-electron chi connectivity index (χ2n) is 5.58. The van der Waals surface area contributed by atoms with Crippen molar-refractivity contribution in [1.82, 2.24) is 4.98 Å². The Morgan fingerprint density at radius 3 is 2.78 bits per heavy atom. The first-order valence-corrected chi connectivity index (χ1v) is 9.67. The Bertz CT molecular complexity index is 957. The Morgan fingerprint density at radius 1 is 1.26 bits per heavy atom. The number of benzene rings is 1. The van der Waals surface area contributed by atoms with Crippen molar-refractivity contribution < 1.29 is 23.1 Å². The lowest BCUT2D eigenvalue weighted by atomic mass is 10.2. The molecule has 2 heterocycles. The molecule has 0 aliphatic rings. The first-order chi connectivity index (χ1) is 12.9. The molecule has 3 aromatic rings. The lowest BCUT2D eigenvalue weighted by Gasteiger charge is -2.13. The van der Waals surface area contributed by atoms with Gasteiger partial charge < -0.3 is 10.1 Å². The molecule has 27 heavy (non-hydrogen) atoms. The predicted molar refractivity (Wildman–Crippen MR) is 99.7 cm³/mol. The van der Waals surface area contributed by atoms with E-state index in [0.29, 0.717) is 11.8 Å². The van der Waals surface area contributed by atoms with Crippen molar-refractivity contribution in [3.63, 3.8) is 0 Å². The molecule has 3 rings (SSSR count). The second-order valence-corrected chi connectivity index (χ2v) is 7.22. The Balaban J connectivity index is 1.54. The number of anilines is 1. The smallest absolute Gasteiger partial charge is 0.312 e. The molecule has 1 amide bonds. The minimum atomic E-state index is -1.14. The van der Waals surface area contributed by atoms with Gasteiger partial charge in [0.25, 0.3) is 5.91 Å². The van der Waals surface area contributed by atoms with Gasteiger partial charge in [0.05, 0.1) is 17.8 Å². The van der Waals surface area contributed by atoms with Gasteiger partial charge in [-0.15, -0.1) is 11.3 Å². The maximum atomic E-state index is 13.6. The van der Waals surface area contributed by atoms with Crippen LogP contribution in [-0.2, 0) is 20.7 Å². The number of carbonyl (C=O) groups is 2. The average molecular weight is 408 g/mol. The van der Waals surface area contributed by atoms with Crippen LogP contribution in [0.15, 0.2) is 40.4 Å². The fraction of sp³-hybridized carbons (Fsp3) is 0.167. The molecule has 5 nitrogen and oxygen atoms in total. The molecular formula is C18H14F2N2O3S2. The highest BCUT2D eigenvalue weighted by molar-refractivity contribution is 7.14. The Hall–Kier alpha value is -2.65. The van der Waals surface area contributed by atoms with Gasteiger partial charge in [-0.05, 0) is 30.5 Å². The number of nitrogens with zero attached hydrogens (tertiary/aromatic N) is 1. The van der Waals surface area contributed by atoms with Crippen LogP contribution in [0, 0.1) is 11.6 Å². The van der Waals surface area contributed by atoms with Gasteiger partial charge in [-0.25, -0.2) is 13.8 Å². The number of thiophene rings is 1. The van der Waals surface area contributed by atoms with Gasteiger partial charge in [-0.3, -0.25) is 9.59 Å². The molecule has 1 aromatic carbocycles. The van der Waals surface area contributed by atoms with Crippen molar-refractivity contribution in [2.24, 2.45) is 0 Å². The molecule has 0 aliphatic heterocycles. The fourth-order valence-corrected chi connectivity index (χ4v) is 3.70. The summed E-state index contributed by atoms with van der Waals surface area (Å²) in [6.07, 6.45) is -1.22. The lowest BCUT2D eigenvalue weighted by Crippen LogP contribution is -2.30. The van der Waals surface area contributed by atoms with Crippen LogP contribution in [0.2, 0.25) is 0 Å². The highest BCUT2D eigenvalue weighted by Gasteiger charge is 2.20. The summed E-state index contributed by atoms with van der Waals surface area (Å²) >= 11 is 2.97. The topological polar surface area (TPSA) is 68.3 Å². The lowest BCUT2D eigenvalue weighted by molar-refractivity contribution is -0.152. The number of hydrogen-bond donors (Lipinski definition) is 1. The van der Waals surface area contributed by atoms with Gasteiger partial charge >= 0.3 is 5.97 Å². The van der Waals surface area contributed by atoms with Crippen LogP contribution in [0.1, 0.15) is 12.6 Å². The normalized spacial score (nSPS) is 11.8. The Kier molecular flexibility index (Phi) is 5.92. The minimum absolute atomic E-state index is 0.0802. The zero-order valence-corrected chi connectivity index (χ0v) is 15.7. The standard InChI is InChI=1S/C18H14F2N2O3S2/c1-10(17(24)22-15-3-2-12(19)6-14(15)20)25-16(23)7-13-9-27-18(21-13)11-4-5-26-8-11/h2-6,8-10H,7H2,1H3,(H,22,24). The average Bonchev–Trinajstić information content (AvgIpc) is 3.28. The summed E-state index contributed by atoms with van der Waals surface area (Å²) in [5.41, 5.74) is 1.34. The summed E-state index contributed by atoms with van der Waals surface area (Å²) in [6.45, 7) is 1.37. The molecule has 0 saturated carbocycles. The summed E-state index contributed by atoms with van der Waals surface area (Å²) in [5.74, 6) is -3.01. The van der Waals surface area contributed by atoms with Gasteiger partial charge in [0.15, 0.2) is 6.10 Å². The van der Waals surface area contributed by atoms with Gasteiger partial charge in [0.1, 0.15) is 16.6 Å². The van der Waals surface area contributed by atoms with E-state index in [4.69, 9.17) is 4.74 Å². The highest BCUT2D eigenvalue weighted by Crippen LogP contribution is 2.26. The van der Waals surface area contributed by atoms with E-state index in [1.807, 2.05) is 16.8 Å². The van der Waals surface area contributed by atoms with Crippen molar-refractivity contribution in [3.05, 3.63) is 57.7 Å². The zero-order chi connectivity index (χ0) is 19.4. The largest absolute Gasteiger partial charge is 0.452 e. The number of aromatic nitrogens is 1. The maximum absolute atomic E-state index is 13.6. The van der Waals surface area contributed by atoms with Crippen LogP contribution >= 0.6 is 22.7 Å². The molecular weight excluding hydrogens is 394 g/mol. The van der Waals surface area contributed by atoms with Crippen LogP contribution in [0.4, 0.5) is 14.5 Å². The van der Waals surface area contributed by atoms with Crippen LogP contribution in [0.25, 0.3) is 10.6 Å². The molecule has 0 bridgehead atoms. The quantitative estimate of drug-likeness (QED) is 0.619. The first kappa shape index (κ1) is 19.1. The third-order valence-corrected chi connectivity index (χ3v) is 5.14. The first-order valence-electron chi connectivity index (χ1n) is 7.85. The predicted octanol–water partition coefficient (Wildman–Crippen LogP) is 4.26. The Morgan fingerprint density at radius 2 is 2.07 bits per heavy atom. The van der Waals surface area contributed by atoms with Crippen molar-refractivity contribution in [2.45, 2.75) is 19.4 Å². The number of thiazole rings is 1. The molecule has 1 atom stereocenters. The summed E-state index contributed by atoms with van der Waals surface area (Å²) < 4.78 is 31.5. The third kappa shape index (κ3) is 4.95. The van der Waals surface area contributed by atoms with E-state index in [1.54, 1.807) is 16.7 Å². The summed E-state index contributed by atoms with van der Waals surface area (Å²) in [4.78, 5) is 28.4. The number of rotatable bonds is 6. The molecule has 0 saturated heterocycles. The Labute approximate surface area is 161 Å². The number of esters is 1. The van der Waals surface area contributed by atoms with E-state index in [2.05, 4.69) is 10.3 Å². The molecule has 0 aliphatic carbocycles. The molecule has 0 radical (unpaired) electrons. The molecule has 1 unspecified atom stereocenters. The summed E-state index contributed by atoms with van der Waals surface area (Å²) in [5, 5.41) is 8.72. The van der Waals surface area contributed by atoms with E-state index >= 15 is 0 Å². The maximum Gasteiger partial charge on any atom is 0.312 e. The molecule has 140 valence electrons. The highest BCUT2D eigenvalue weighted by atomic mass is 32.1. The van der Waals surface area contributed by atoms with E-state index in [1.165, 1.54) is 18.3 Å². The van der Waals surface area contributed by atoms with E-state index < -0.39 is 29.6 Å². The van der Waals surface area contributed by atoms with Crippen molar-refractivity contribution in [2.75, 3.05) is 5.32 Å². The number of amides is 1. The molecule has 1 N–H and O–H groups in total. The summed E-state index contributed by atoms with van der Waals surface area (Å²) in [6, 6.07) is 4.70.